The van der Waals surface area contributed by atoms with Gasteiger partial charge < -0.3 is 28.1 Å². The van der Waals surface area contributed by atoms with Crippen LogP contribution in [0.4, 0.5) is 8.78 Å². The van der Waals surface area contributed by atoms with Crippen molar-refractivity contribution < 1.29 is 27.7 Å². The van der Waals surface area contributed by atoms with E-state index >= 15 is 8.78 Å². The van der Waals surface area contributed by atoms with Gasteiger partial charge in [-0.05, 0) is 190 Å². The summed E-state index contributed by atoms with van der Waals surface area (Å²) >= 11 is 0. The fourth-order valence-electron chi connectivity index (χ4n) is 15.4. The number of phenolic OH excluding ortho intramolecular Hbond substituents is 2. The lowest BCUT2D eigenvalue weighted by Gasteiger charge is -2.38. The zero-order valence-electron chi connectivity index (χ0n) is 62.7. The minimum absolute atomic E-state index is 0.0258. The zero-order chi connectivity index (χ0) is 71.0. The summed E-state index contributed by atoms with van der Waals surface area (Å²) in [6.07, 6.45) is 1.72. The van der Waals surface area contributed by atoms with Crippen LogP contribution in [0, 0.1) is 50.5 Å². The zero-order valence-corrected chi connectivity index (χ0v) is 62.7. The average Bonchev–Trinajstić information content (AvgIpc) is 1.55. The molecule has 0 bridgehead atoms. The van der Waals surface area contributed by atoms with E-state index < -0.39 is 22.5 Å². The van der Waals surface area contributed by atoms with Crippen LogP contribution in [0.1, 0.15) is 223 Å². The minimum atomic E-state index is -0.437. The topological polar surface area (TPSA) is 55.7 Å². The van der Waals surface area contributed by atoms with Crippen molar-refractivity contribution >= 4 is 43.6 Å². The molecule has 96 heavy (non-hydrogen) atoms. The van der Waals surface area contributed by atoms with E-state index in [1.165, 1.54) is 46.5 Å². The molecule has 0 unspecified atom stereocenters. The van der Waals surface area contributed by atoms with Gasteiger partial charge in [-0.3, -0.25) is 0 Å². The van der Waals surface area contributed by atoms with Gasteiger partial charge in [-0.15, -0.1) is 0 Å². The molecule has 0 saturated carbocycles. The molecule has 2 aromatic heterocycles. The van der Waals surface area contributed by atoms with Gasteiger partial charge in [-0.1, -0.05) is 201 Å². The van der Waals surface area contributed by atoms with Gasteiger partial charge in [-0.25, -0.2) is 8.78 Å². The Morgan fingerprint density at radius 3 is 1.00 bits per heavy atom. The highest BCUT2D eigenvalue weighted by Crippen LogP contribution is 2.53. The number of aromatic nitrogens is 2. The summed E-state index contributed by atoms with van der Waals surface area (Å²) in [6, 6.07) is 41.4. The van der Waals surface area contributed by atoms with E-state index in [-0.39, 0.29) is 50.1 Å². The summed E-state index contributed by atoms with van der Waals surface area (Å²) in [6.45, 7) is 55.4. The van der Waals surface area contributed by atoms with Crippen molar-refractivity contribution in [1.82, 2.24) is 9.13 Å². The molecule has 0 amide bonds. The lowest BCUT2D eigenvalue weighted by Crippen LogP contribution is -2.25. The molecular weight excluding hydrogens is 1190 g/mol. The molecule has 1 atom stereocenters. The van der Waals surface area contributed by atoms with Gasteiger partial charge >= 0.3 is 0 Å². The number of hydrogen-bond donors (Lipinski definition) is 2. The summed E-state index contributed by atoms with van der Waals surface area (Å²) in [4.78, 5) is 0. The van der Waals surface area contributed by atoms with E-state index in [1.54, 1.807) is 0 Å². The molecule has 0 fully saturated rings. The van der Waals surface area contributed by atoms with Crippen molar-refractivity contribution in [3.8, 4) is 56.6 Å². The van der Waals surface area contributed by atoms with Gasteiger partial charge in [0.05, 0.1) is 44.6 Å². The summed E-state index contributed by atoms with van der Waals surface area (Å²) in [5.41, 5.74) is 13.5. The normalized spacial score (nSPS) is 13.7. The highest BCUT2D eigenvalue weighted by Gasteiger charge is 2.36. The molecule has 0 aliphatic rings. The maximum absolute atomic E-state index is 16.6. The highest BCUT2D eigenvalue weighted by molar-refractivity contribution is 6.11. The van der Waals surface area contributed by atoms with Crippen molar-refractivity contribution in [3.05, 3.63) is 192 Å². The number of fused-ring (bicyclic) bond motifs is 6. The number of aryl methyl sites for hydroxylation is 2. The first-order valence-corrected chi connectivity index (χ1v) is 34.6. The first-order valence-electron chi connectivity index (χ1n) is 34.6. The van der Waals surface area contributed by atoms with E-state index in [9.17, 15) is 10.2 Å². The second kappa shape index (κ2) is 24.4. The predicted molar refractivity (Wildman–Crippen MR) is 405 cm³/mol. The fourth-order valence-corrected chi connectivity index (χ4v) is 15.4. The van der Waals surface area contributed by atoms with Crippen molar-refractivity contribution in [1.29, 1.82) is 0 Å². The molecule has 2 heterocycles. The molecule has 0 aliphatic heterocycles. The van der Waals surface area contributed by atoms with Gasteiger partial charge in [0.15, 0.2) is 12.7 Å². The van der Waals surface area contributed by atoms with Crippen LogP contribution in [-0.2, 0) is 41.2 Å². The summed E-state index contributed by atoms with van der Waals surface area (Å²) in [5.74, 6) is 0.381. The van der Waals surface area contributed by atoms with Crippen LogP contribution in [0.2, 0.25) is 0 Å². The van der Waals surface area contributed by atoms with Crippen LogP contribution in [0.5, 0.6) is 23.0 Å². The Bertz CT molecular complexity index is 4520. The molecular formula is C88H110F2N2O4. The highest BCUT2D eigenvalue weighted by atomic mass is 19.1. The molecule has 10 rings (SSSR count). The van der Waals surface area contributed by atoms with E-state index in [2.05, 4.69) is 281 Å². The van der Waals surface area contributed by atoms with Crippen molar-refractivity contribution in [2.24, 2.45) is 10.8 Å². The number of rotatable bonds is 14. The Balaban J connectivity index is 1.12. The molecule has 510 valence electrons. The maximum atomic E-state index is 16.6. The molecule has 6 nitrogen and oxygen atoms in total. The van der Waals surface area contributed by atoms with Gasteiger partial charge in [0.1, 0.15) is 29.6 Å². The van der Waals surface area contributed by atoms with Crippen molar-refractivity contribution in [2.75, 3.05) is 6.61 Å². The van der Waals surface area contributed by atoms with Crippen molar-refractivity contribution in [3.63, 3.8) is 0 Å². The van der Waals surface area contributed by atoms with Gasteiger partial charge in [-0.2, -0.15) is 0 Å². The lowest BCUT2D eigenvalue weighted by atomic mass is 9.71. The monoisotopic (exact) mass is 1300 g/mol. The number of halogens is 2. The fraction of sp³-hybridized carbons (Fsp3) is 0.432. The predicted octanol–water partition coefficient (Wildman–Crippen LogP) is 25.7. The van der Waals surface area contributed by atoms with E-state index in [1.807, 2.05) is 13.8 Å². The summed E-state index contributed by atoms with van der Waals surface area (Å²) in [7, 11) is 9.33. The van der Waals surface area contributed by atoms with Gasteiger partial charge in [0.25, 0.3) is 0 Å². The Morgan fingerprint density at radius 1 is 0.396 bits per heavy atom. The summed E-state index contributed by atoms with van der Waals surface area (Å²) in [5, 5.41) is 31.1. The Morgan fingerprint density at radius 2 is 0.698 bits per heavy atom. The molecule has 0 aliphatic carbocycles. The maximum Gasteiger partial charge on any atom is 0.238 e. The van der Waals surface area contributed by atoms with Crippen LogP contribution >= 0.6 is 0 Å². The molecule has 8 aromatic carbocycles. The second-order valence-corrected chi connectivity index (χ2v) is 36.0. The average molecular weight is 1300 g/mol. The second-order valence-electron chi connectivity index (χ2n) is 36.0. The molecule has 0 spiro atoms. The van der Waals surface area contributed by atoms with E-state index in [0.29, 0.717) is 69.3 Å². The number of nitrogens with zero attached hydrogens (tertiary/aromatic N) is 2. The standard InChI is InChI=1S/C88H110F2N2O4/c1-52-38-61(89)48-69(67-40-59(87(22,23)50-81(4,5)6)46-75(77(67)93)91-71-42-55(83(10,11)12)28-32-63(71)64-33-29-56(43-72(64)91)84(13,14)15)79(52)95(26)37-36-54(3)96(27)80-53(2)39-62(90)49-70(80)68-41-60(88(24,25)51-82(7,8)9)47-76(78(68)94)92-73-44-57(85(16,17)18)30-34-65(73)66-35-31-58(45-74(66)92)86(19,20)21/h28-35,38-49,54,93-94H,26-27,36-37,50-51H2,1-25H3/t54-/m1/s1. The number of benzene rings is 8. The lowest BCUT2D eigenvalue weighted by molar-refractivity contribution is -0.0635. The smallest absolute Gasteiger partial charge is 0.238 e. The first kappa shape index (κ1) is 71.2. The van der Waals surface area contributed by atoms with Crippen LogP contribution in [0.3, 0.4) is 0 Å². The molecule has 10 aromatic rings. The largest absolute Gasteiger partial charge is 0.711 e. The number of hydrogen-bond acceptors (Lipinski definition) is 2. The van der Waals surface area contributed by atoms with E-state index in [0.717, 1.165) is 67.6 Å². The SMILES string of the molecule is [CH2-][O+](CC[C@@H](C)[O+]([CH2-])c1c(C)cc(F)cc1-c1cc(C(C)(C)CC(C)(C)C)cc(-n2c3cc(C(C)(C)C)ccc3c3ccc(C(C)(C)C)cc32)c1O)c1c(C)cc(F)cc1-c1cc(C(C)(C)CC(C)(C)C)cc(-n2c3cc(C(C)(C)C)ccc3c3ccc(C(C)(C)C)cc32)c1O. The Labute approximate surface area is 574 Å². The van der Waals surface area contributed by atoms with Crippen LogP contribution in [0.15, 0.2) is 121 Å². The quantitative estimate of drug-likeness (QED) is 0.0842. The minimum Gasteiger partial charge on any atom is -0.711 e. The molecule has 8 heteroatoms. The first-order chi connectivity index (χ1) is 44.1. The van der Waals surface area contributed by atoms with Gasteiger partial charge in [0, 0.05) is 50.7 Å². The number of aromatic hydroxyl groups is 2. The van der Waals surface area contributed by atoms with Crippen LogP contribution in [-0.4, -0.2) is 32.1 Å². The molecule has 0 radical (unpaired) electrons. The summed E-state index contributed by atoms with van der Waals surface area (Å²) < 4.78 is 43.8. The van der Waals surface area contributed by atoms with Crippen LogP contribution in [0.25, 0.3) is 77.2 Å². The molecule has 2 N–H and O–H groups in total. The Hall–Kier alpha value is -7.58. The van der Waals surface area contributed by atoms with Crippen molar-refractivity contribution in [2.45, 2.75) is 231 Å². The van der Waals surface area contributed by atoms with E-state index in [4.69, 9.17) is 7.11 Å². The molecule has 0 saturated heterocycles. The third kappa shape index (κ3) is 13.8. The van der Waals surface area contributed by atoms with Gasteiger partial charge in [0.2, 0.25) is 11.5 Å². The third-order valence-electron chi connectivity index (χ3n) is 20.0. The Kier molecular flexibility index (Phi) is 18.1. The number of phenols is 2. The third-order valence-corrected chi connectivity index (χ3v) is 20.0. The van der Waals surface area contributed by atoms with Crippen LogP contribution < -0.4 is 0 Å².